The van der Waals surface area contributed by atoms with Gasteiger partial charge in [0, 0.05) is 32.2 Å². The first kappa shape index (κ1) is 15.7. The van der Waals surface area contributed by atoms with E-state index in [0.717, 1.165) is 45.4 Å². The van der Waals surface area contributed by atoms with Crippen molar-refractivity contribution in [3.8, 4) is 0 Å². The highest BCUT2D eigenvalue weighted by molar-refractivity contribution is 5.85. The Morgan fingerprint density at radius 1 is 1.28 bits per heavy atom. The number of ether oxygens (including phenoxy) is 1. The highest BCUT2D eigenvalue weighted by Gasteiger charge is 2.22. The standard InChI is InChI=1S/C13H24N2O2.ClH/c14-11-4-3-8-15(10-11)13(16)7-6-12-5-1-2-9-17-12;/h11-12H,1-10,14H2;1H/t11-,12?;/m1./s1. The minimum absolute atomic E-state index is 0. The Balaban J connectivity index is 0.00000162. The van der Waals surface area contributed by atoms with Crippen molar-refractivity contribution in [1.82, 2.24) is 4.90 Å². The average molecular weight is 277 g/mol. The predicted molar refractivity (Wildman–Crippen MR) is 73.9 cm³/mol. The molecule has 2 saturated heterocycles. The molecule has 0 spiro atoms. The molecule has 18 heavy (non-hydrogen) atoms. The maximum atomic E-state index is 12.0. The summed E-state index contributed by atoms with van der Waals surface area (Å²) in [5.41, 5.74) is 5.88. The first-order valence-corrected chi connectivity index (χ1v) is 6.90. The molecule has 2 aliphatic rings. The lowest BCUT2D eigenvalue weighted by atomic mass is 10.0. The highest BCUT2D eigenvalue weighted by Crippen LogP contribution is 2.18. The lowest BCUT2D eigenvalue weighted by Crippen LogP contribution is -2.45. The number of likely N-dealkylation sites (tertiary alicyclic amines) is 1. The van der Waals surface area contributed by atoms with Crippen molar-refractivity contribution in [1.29, 1.82) is 0 Å². The normalized spacial score (nSPS) is 28.6. The quantitative estimate of drug-likeness (QED) is 0.854. The van der Waals surface area contributed by atoms with Gasteiger partial charge in [0.05, 0.1) is 6.10 Å². The number of carbonyl (C=O) groups is 1. The van der Waals surface area contributed by atoms with E-state index in [1.54, 1.807) is 0 Å². The van der Waals surface area contributed by atoms with E-state index in [0.29, 0.717) is 12.5 Å². The number of nitrogens with two attached hydrogens (primary N) is 1. The molecule has 2 rings (SSSR count). The SMILES string of the molecule is Cl.N[C@@H]1CCCN(C(=O)CCC2CCCCO2)C1. The van der Waals surface area contributed by atoms with Crippen LogP contribution in [-0.4, -0.2) is 42.6 Å². The first-order valence-electron chi connectivity index (χ1n) is 6.90. The topological polar surface area (TPSA) is 55.6 Å². The van der Waals surface area contributed by atoms with Crippen molar-refractivity contribution in [3.05, 3.63) is 0 Å². The minimum atomic E-state index is 0. The summed E-state index contributed by atoms with van der Waals surface area (Å²) in [5.74, 6) is 0.259. The number of hydrogen-bond donors (Lipinski definition) is 1. The molecule has 0 radical (unpaired) electrons. The number of halogens is 1. The maximum Gasteiger partial charge on any atom is 0.222 e. The fraction of sp³-hybridized carbons (Fsp3) is 0.923. The molecule has 1 amide bonds. The van der Waals surface area contributed by atoms with Gasteiger partial charge in [-0.3, -0.25) is 4.79 Å². The molecule has 106 valence electrons. The number of carbonyl (C=O) groups excluding carboxylic acids is 1. The lowest BCUT2D eigenvalue weighted by Gasteiger charge is -2.31. The Labute approximate surface area is 116 Å². The molecule has 0 saturated carbocycles. The van der Waals surface area contributed by atoms with Crippen molar-refractivity contribution in [2.45, 2.75) is 57.1 Å². The number of piperidine rings is 1. The van der Waals surface area contributed by atoms with Gasteiger partial charge in [0.1, 0.15) is 0 Å². The third-order valence-electron chi connectivity index (χ3n) is 3.76. The molecule has 0 aromatic heterocycles. The van der Waals surface area contributed by atoms with E-state index < -0.39 is 0 Å². The molecule has 2 heterocycles. The summed E-state index contributed by atoms with van der Waals surface area (Å²) in [6, 6.07) is 0.179. The maximum absolute atomic E-state index is 12.0. The molecule has 4 nitrogen and oxygen atoms in total. The van der Waals surface area contributed by atoms with Gasteiger partial charge in [0.25, 0.3) is 0 Å². The molecule has 0 aromatic carbocycles. The molecule has 1 unspecified atom stereocenters. The first-order chi connectivity index (χ1) is 8.25. The largest absolute Gasteiger partial charge is 0.378 e. The van der Waals surface area contributed by atoms with Gasteiger partial charge < -0.3 is 15.4 Å². The summed E-state index contributed by atoms with van der Waals surface area (Å²) in [4.78, 5) is 13.9. The van der Waals surface area contributed by atoms with E-state index in [-0.39, 0.29) is 24.4 Å². The molecule has 2 atom stereocenters. The lowest BCUT2D eigenvalue weighted by molar-refractivity contribution is -0.133. The van der Waals surface area contributed by atoms with Crippen molar-refractivity contribution in [3.63, 3.8) is 0 Å². The van der Waals surface area contributed by atoms with Crippen LogP contribution in [0.1, 0.15) is 44.9 Å². The number of nitrogens with zero attached hydrogens (tertiary/aromatic N) is 1. The van der Waals surface area contributed by atoms with Crippen LogP contribution >= 0.6 is 12.4 Å². The molecule has 2 fully saturated rings. The van der Waals surface area contributed by atoms with E-state index in [9.17, 15) is 4.79 Å². The predicted octanol–water partition coefficient (Wildman–Crippen LogP) is 1.71. The van der Waals surface area contributed by atoms with Gasteiger partial charge in [-0.2, -0.15) is 0 Å². The van der Waals surface area contributed by atoms with Gasteiger partial charge in [-0.05, 0) is 38.5 Å². The van der Waals surface area contributed by atoms with E-state index in [2.05, 4.69) is 0 Å². The third-order valence-corrected chi connectivity index (χ3v) is 3.76. The van der Waals surface area contributed by atoms with E-state index in [1.165, 1.54) is 12.8 Å². The second kappa shape index (κ2) is 7.97. The zero-order valence-corrected chi connectivity index (χ0v) is 11.8. The van der Waals surface area contributed by atoms with Crippen molar-refractivity contribution in [2.75, 3.05) is 19.7 Å². The molecular weight excluding hydrogens is 252 g/mol. The third kappa shape index (κ3) is 4.75. The van der Waals surface area contributed by atoms with Crippen LogP contribution in [0.4, 0.5) is 0 Å². The fourth-order valence-corrected chi connectivity index (χ4v) is 2.71. The van der Waals surface area contributed by atoms with Crippen molar-refractivity contribution in [2.24, 2.45) is 5.73 Å². The monoisotopic (exact) mass is 276 g/mol. The van der Waals surface area contributed by atoms with Crippen LogP contribution in [-0.2, 0) is 9.53 Å². The summed E-state index contributed by atoms with van der Waals surface area (Å²) in [6.45, 7) is 2.50. The van der Waals surface area contributed by atoms with Gasteiger partial charge in [-0.1, -0.05) is 0 Å². The fourth-order valence-electron chi connectivity index (χ4n) is 2.71. The van der Waals surface area contributed by atoms with Crippen LogP contribution < -0.4 is 5.73 Å². The van der Waals surface area contributed by atoms with Crippen LogP contribution in [0.15, 0.2) is 0 Å². The number of rotatable bonds is 3. The van der Waals surface area contributed by atoms with Gasteiger partial charge in [-0.15, -0.1) is 12.4 Å². The van der Waals surface area contributed by atoms with Gasteiger partial charge in [0.2, 0.25) is 5.91 Å². The number of amides is 1. The Morgan fingerprint density at radius 3 is 2.78 bits per heavy atom. The Bertz CT molecular complexity index is 257. The van der Waals surface area contributed by atoms with Crippen LogP contribution in [0.5, 0.6) is 0 Å². The second-order valence-corrected chi connectivity index (χ2v) is 5.27. The Kier molecular flexibility index (Phi) is 6.97. The van der Waals surface area contributed by atoms with Crippen LogP contribution in [0.3, 0.4) is 0 Å². The zero-order valence-electron chi connectivity index (χ0n) is 11.0. The molecule has 0 bridgehead atoms. The van der Waals surface area contributed by atoms with Gasteiger partial charge >= 0.3 is 0 Å². The van der Waals surface area contributed by atoms with Crippen LogP contribution in [0.25, 0.3) is 0 Å². The minimum Gasteiger partial charge on any atom is -0.378 e. The van der Waals surface area contributed by atoms with E-state index in [4.69, 9.17) is 10.5 Å². The van der Waals surface area contributed by atoms with Gasteiger partial charge in [-0.25, -0.2) is 0 Å². The molecule has 0 aliphatic carbocycles. The molecule has 2 N–H and O–H groups in total. The smallest absolute Gasteiger partial charge is 0.222 e. The molecular formula is C13H25ClN2O2. The van der Waals surface area contributed by atoms with Crippen LogP contribution in [0.2, 0.25) is 0 Å². The van der Waals surface area contributed by atoms with Crippen LogP contribution in [0, 0.1) is 0 Å². The van der Waals surface area contributed by atoms with Crippen molar-refractivity contribution < 1.29 is 9.53 Å². The van der Waals surface area contributed by atoms with Gasteiger partial charge in [0.15, 0.2) is 0 Å². The summed E-state index contributed by atoms with van der Waals surface area (Å²) in [7, 11) is 0. The molecule has 0 aromatic rings. The summed E-state index contributed by atoms with van der Waals surface area (Å²) in [5, 5.41) is 0. The van der Waals surface area contributed by atoms with Crippen molar-refractivity contribution >= 4 is 18.3 Å². The Hall–Kier alpha value is -0.320. The second-order valence-electron chi connectivity index (χ2n) is 5.27. The number of hydrogen-bond acceptors (Lipinski definition) is 3. The summed E-state index contributed by atoms with van der Waals surface area (Å²) in [6.07, 6.45) is 7.45. The average Bonchev–Trinajstić information content (AvgIpc) is 2.37. The van der Waals surface area contributed by atoms with E-state index >= 15 is 0 Å². The van der Waals surface area contributed by atoms with E-state index in [1.807, 2.05) is 4.90 Å². The Morgan fingerprint density at radius 2 is 2.11 bits per heavy atom. The molecule has 5 heteroatoms. The summed E-state index contributed by atoms with van der Waals surface area (Å²) >= 11 is 0. The summed E-state index contributed by atoms with van der Waals surface area (Å²) < 4.78 is 5.64. The highest BCUT2D eigenvalue weighted by atomic mass is 35.5. The molecule has 2 aliphatic heterocycles. The zero-order chi connectivity index (χ0) is 12.1.